The summed E-state index contributed by atoms with van der Waals surface area (Å²) in [5.41, 5.74) is 10.7. The third-order valence-corrected chi connectivity index (χ3v) is 7.07. The van der Waals surface area contributed by atoms with Crippen LogP contribution in [0.3, 0.4) is 0 Å². The van der Waals surface area contributed by atoms with Gasteiger partial charge in [-0.15, -0.1) is 11.3 Å². The topological polar surface area (TPSA) is 112 Å². The summed E-state index contributed by atoms with van der Waals surface area (Å²) in [7, 11) is 0. The fraction of sp³-hybridized carbons (Fsp3) is 0.154. The second-order valence-electron chi connectivity index (χ2n) is 8.31. The zero-order valence-electron chi connectivity index (χ0n) is 18.9. The first-order chi connectivity index (χ1) is 17.1. The Morgan fingerprint density at radius 2 is 1.91 bits per heavy atom. The molecule has 35 heavy (non-hydrogen) atoms. The number of amides is 1. The molecule has 1 amide bonds. The number of carbonyl (C=O) groups excluding carboxylic acids is 1. The van der Waals surface area contributed by atoms with Crippen LogP contribution < -0.4 is 20.5 Å². The van der Waals surface area contributed by atoms with Crippen LogP contribution in [0.2, 0.25) is 0 Å². The molecule has 174 valence electrons. The summed E-state index contributed by atoms with van der Waals surface area (Å²) in [4.78, 5) is 26.2. The number of nitrogens with two attached hydrogens (primary N) is 1. The minimum atomic E-state index is -0.241. The smallest absolute Gasteiger partial charge is 0.258 e. The van der Waals surface area contributed by atoms with Gasteiger partial charge in [0.2, 0.25) is 0 Å². The Morgan fingerprint density at radius 3 is 2.80 bits per heavy atom. The Kier molecular flexibility index (Phi) is 5.18. The Hall–Kier alpha value is -4.24. The number of fused-ring (bicyclic) bond motifs is 3. The lowest BCUT2D eigenvalue weighted by molar-refractivity contribution is 0.102. The molecule has 8 nitrogen and oxygen atoms in total. The number of hydrogen-bond acceptors (Lipinski definition) is 8. The first kappa shape index (κ1) is 21.3. The molecule has 0 radical (unpaired) electrons. The predicted molar refractivity (Wildman–Crippen MR) is 136 cm³/mol. The van der Waals surface area contributed by atoms with Gasteiger partial charge >= 0.3 is 0 Å². The number of nitrogens with zero attached hydrogens (tertiary/aromatic N) is 3. The molecule has 0 unspecified atom stereocenters. The number of carbonyl (C=O) groups is 1. The van der Waals surface area contributed by atoms with Crippen LogP contribution in [0.4, 0.5) is 11.5 Å². The van der Waals surface area contributed by atoms with Gasteiger partial charge in [0.1, 0.15) is 25.4 Å². The molecule has 6 rings (SSSR count). The van der Waals surface area contributed by atoms with Gasteiger partial charge in [-0.25, -0.2) is 9.97 Å². The SMILES string of the molecule is Cc1ccc2c(Cc3ccc4c(c3)OCCO4)nccc2c1NC(=O)c1csc2c(N)ncnc12. The quantitative estimate of drug-likeness (QED) is 0.379. The highest BCUT2D eigenvalue weighted by Crippen LogP contribution is 2.34. The highest BCUT2D eigenvalue weighted by atomic mass is 32.1. The molecule has 1 aliphatic rings. The number of aromatic nitrogens is 3. The number of nitrogens with one attached hydrogen (secondary N) is 1. The van der Waals surface area contributed by atoms with E-state index in [9.17, 15) is 4.79 Å². The summed E-state index contributed by atoms with van der Waals surface area (Å²) in [6.45, 7) is 3.08. The summed E-state index contributed by atoms with van der Waals surface area (Å²) in [5.74, 6) is 1.65. The number of thiophene rings is 1. The van der Waals surface area contributed by atoms with Crippen molar-refractivity contribution in [3.63, 3.8) is 0 Å². The average molecular weight is 484 g/mol. The molecule has 0 atom stereocenters. The van der Waals surface area contributed by atoms with Gasteiger partial charge in [-0.3, -0.25) is 9.78 Å². The molecule has 0 spiro atoms. The second-order valence-corrected chi connectivity index (χ2v) is 9.18. The van der Waals surface area contributed by atoms with Gasteiger partial charge in [0.25, 0.3) is 5.91 Å². The molecule has 1 aliphatic heterocycles. The van der Waals surface area contributed by atoms with E-state index >= 15 is 0 Å². The Labute approximate surface area is 204 Å². The van der Waals surface area contributed by atoms with Crippen LogP contribution in [0.25, 0.3) is 21.0 Å². The van der Waals surface area contributed by atoms with Crippen LogP contribution in [0, 0.1) is 6.92 Å². The first-order valence-electron chi connectivity index (χ1n) is 11.1. The van der Waals surface area contributed by atoms with Gasteiger partial charge in [0.15, 0.2) is 11.5 Å². The lowest BCUT2D eigenvalue weighted by atomic mass is 10.00. The maximum atomic E-state index is 13.3. The number of rotatable bonds is 4. The van der Waals surface area contributed by atoms with E-state index < -0.39 is 0 Å². The van der Waals surface area contributed by atoms with Gasteiger partial charge in [-0.1, -0.05) is 18.2 Å². The lowest BCUT2D eigenvalue weighted by Crippen LogP contribution is -2.15. The minimum Gasteiger partial charge on any atom is -0.486 e. The van der Waals surface area contributed by atoms with E-state index in [1.807, 2.05) is 37.3 Å². The van der Waals surface area contributed by atoms with E-state index in [1.165, 1.54) is 17.7 Å². The number of pyridine rings is 1. The Morgan fingerprint density at radius 1 is 1.06 bits per heavy atom. The molecule has 3 N–H and O–H groups in total. The van der Waals surface area contributed by atoms with Crippen molar-refractivity contribution in [1.29, 1.82) is 0 Å². The summed E-state index contributed by atoms with van der Waals surface area (Å²) in [5, 5.41) is 6.77. The molecule has 4 heterocycles. The van der Waals surface area contributed by atoms with E-state index in [4.69, 9.17) is 15.2 Å². The normalized spacial score (nSPS) is 12.7. The molecule has 2 aromatic carbocycles. The van der Waals surface area contributed by atoms with E-state index in [0.29, 0.717) is 41.2 Å². The van der Waals surface area contributed by atoms with Crippen LogP contribution >= 0.6 is 11.3 Å². The summed E-state index contributed by atoms with van der Waals surface area (Å²) < 4.78 is 12.1. The molecular formula is C26H21N5O3S. The van der Waals surface area contributed by atoms with Crippen molar-refractivity contribution < 1.29 is 14.3 Å². The van der Waals surface area contributed by atoms with Crippen molar-refractivity contribution in [2.75, 3.05) is 24.3 Å². The van der Waals surface area contributed by atoms with Crippen molar-refractivity contribution in [2.24, 2.45) is 0 Å². The fourth-order valence-electron chi connectivity index (χ4n) is 4.33. The van der Waals surface area contributed by atoms with E-state index in [0.717, 1.165) is 44.8 Å². The molecule has 9 heteroatoms. The van der Waals surface area contributed by atoms with Gasteiger partial charge in [0, 0.05) is 28.8 Å². The van der Waals surface area contributed by atoms with Crippen LogP contribution in [0.5, 0.6) is 11.5 Å². The van der Waals surface area contributed by atoms with Gasteiger partial charge in [-0.05, 0) is 36.2 Å². The van der Waals surface area contributed by atoms with Crippen molar-refractivity contribution in [3.05, 3.63) is 76.7 Å². The number of anilines is 2. The Bertz CT molecular complexity index is 1610. The molecule has 0 bridgehead atoms. The van der Waals surface area contributed by atoms with E-state index in [2.05, 4.69) is 26.3 Å². The third-order valence-electron chi connectivity index (χ3n) is 6.08. The van der Waals surface area contributed by atoms with Crippen molar-refractivity contribution in [1.82, 2.24) is 15.0 Å². The maximum absolute atomic E-state index is 13.3. The largest absolute Gasteiger partial charge is 0.486 e. The van der Waals surface area contributed by atoms with Crippen molar-refractivity contribution >= 4 is 49.7 Å². The highest BCUT2D eigenvalue weighted by Gasteiger charge is 2.19. The number of nitrogen functional groups attached to an aromatic ring is 1. The molecule has 5 aromatic rings. The van der Waals surface area contributed by atoms with Crippen LogP contribution in [-0.4, -0.2) is 34.1 Å². The maximum Gasteiger partial charge on any atom is 0.258 e. The second kappa shape index (κ2) is 8.52. The van der Waals surface area contributed by atoms with Gasteiger partial charge in [-0.2, -0.15) is 0 Å². The molecule has 0 aliphatic carbocycles. The van der Waals surface area contributed by atoms with Crippen molar-refractivity contribution in [3.8, 4) is 11.5 Å². The highest BCUT2D eigenvalue weighted by molar-refractivity contribution is 7.18. The van der Waals surface area contributed by atoms with Crippen LogP contribution in [-0.2, 0) is 6.42 Å². The molecule has 0 fully saturated rings. The Balaban J connectivity index is 1.35. The fourth-order valence-corrected chi connectivity index (χ4v) is 5.24. The number of hydrogen-bond donors (Lipinski definition) is 2. The monoisotopic (exact) mass is 483 g/mol. The van der Waals surface area contributed by atoms with E-state index in [-0.39, 0.29) is 5.91 Å². The standard InChI is InChI=1S/C26H21N5O3S/c1-14-2-4-16-17(22(14)31-26(32)18-12-35-24-23(18)29-13-30-25(24)27)6-7-28-19(16)10-15-3-5-20-21(11-15)34-9-8-33-20/h2-7,11-13H,8-10H2,1H3,(H,31,32)(H2,27,29,30). The molecule has 3 aromatic heterocycles. The van der Waals surface area contributed by atoms with Gasteiger partial charge in [0.05, 0.1) is 27.2 Å². The predicted octanol–water partition coefficient (Wildman–Crippen LogP) is 4.74. The number of benzene rings is 2. The van der Waals surface area contributed by atoms with Crippen molar-refractivity contribution in [2.45, 2.75) is 13.3 Å². The number of aryl methyl sites for hydroxylation is 1. The van der Waals surface area contributed by atoms with Crippen LogP contribution in [0.15, 0.2) is 54.3 Å². The molecule has 0 saturated heterocycles. The number of ether oxygens (including phenoxy) is 2. The third kappa shape index (κ3) is 3.79. The lowest BCUT2D eigenvalue weighted by Gasteiger charge is -2.19. The zero-order valence-corrected chi connectivity index (χ0v) is 19.7. The summed E-state index contributed by atoms with van der Waals surface area (Å²) in [6, 6.07) is 11.9. The molecule has 0 saturated carbocycles. The average Bonchev–Trinajstić information content (AvgIpc) is 3.31. The zero-order chi connectivity index (χ0) is 23.9. The molecular weight excluding hydrogens is 462 g/mol. The minimum absolute atomic E-state index is 0.241. The first-order valence-corrected chi connectivity index (χ1v) is 12.0. The van der Waals surface area contributed by atoms with Crippen LogP contribution in [0.1, 0.15) is 27.2 Å². The van der Waals surface area contributed by atoms with Gasteiger partial charge < -0.3 is 20.5 Å². The summed E-state index contributed by atoms with van der Waals surface area (Å²) in [6.07, 6.45) is 3.77. The van der Waals surface area contributed by atoms with E-state index in [1.54, 1.807) is 11.6 Å². The summed E-state index contributed by atoms with van der Waals surface area (Å²) >= 11 is 1.36.